The zero-order chi connectivity index (χ0) is 15.6. The average Bonchev–Trinajstić information content (AvgIpc) is 2.66. The van der Waals surface area contributed by atoms with Crippen LogP contribution >= 0.6 is 0 Å². The van der Waals surface area contributed by atoms with Crippen molar-refractivity contribution in [3.8, 4) is 5.75 Å². The molecule has 0 aromatic heterocycles. The monoisotopic (exact) mass is 292 g/mol. The van der Waals surface area contributed by atoms with E-state index in [1.165, 1.54) is 0 Å². The first-order valence-electron chi connectivity index (χ1n) is 6.83. The molecule has 6 heteroatoms. The van der Waals surface area contributed by atoms with Crippen molar-refractivity contribution in [1.29, 1.82) is 0 Å². The maximum Gasteiger partial charge on any atom is 0.238 e. The van der Waals surface area contributed by atoms with Crippen LogP contribution in [0, 0.1) is 0 Å². The Balaban J connectivity index is 2.01. The highest BCUT2D eigenvalue weighted by Gasteiger charge is 2.46. The van der Waals surface area contributed by atoms with Crippen molar-refractivity contribution < 1.29 is 19.4 Å². The first kappa shape index (κ1) is 15.5. The molecule has 3 unspecified atom stereocenters. The Hall–Kier alpha value is -1.92. The maximum absolute atomic E-state index is 12.2. The number of aromatic hydroxyl groups is 1. The maximum atomic E-state index is 12.2. The second-order valence-corrected chi connectivity index (χ2v) is 5.55. The summed E-state index contributed by atoms with van der Waals surface area (Å²) in [5.74, 6) is -0.445. The number of carbonyl (C=O) groups excluding carboxylic acids is 2. The molecular formula is C15H20N2O4. The normalized spacial score (nSPS) is 26.6. The van der Waals surface area contributed by atoms with E-state index in [4.69, 9.17) is 10.5 Å². The summed E-state index contributed by atoms with van der Waals surface area (Å²) in [6, 6.07) is 5.77. The Morgan fingerprint density at radius 2 is 2.33 bits per heavy atom. The topological polar surface area (TPSA) is 102 Å². The number of nitrogens with two attached hydrogens (primary N) is 1. The van der Waals surface area contributed by atoms with Gasteiger partial charge in [0.1, 0.15) is 17.9 Å². The van der Waals surface area contributed by atoms with E-state index < -0.39 is 17.5 Å². The van der Waals surface area contributed by atoms with Gasteiger partial charge in [0.05, 0.1) is 12.1 Å². The molecule has 1 fully saturated rings. The molecule has 3 atom stereocenters. The van der Waals surface area contributed by atoms with Gasteiger partial charge in [-0.15, -0.1) is 0 Å². The van der Waals surface area contributed by atoms with Gasteiger partial charge in [0, 0.05) is 0 Å². The van der Waals surface area contributed by atoms with E-state index >= 15 is 0 Å². The number of rotatable bonds is 4. The van der Waals surface area contributed by atoms with Crippen LogP contribution in [0.15, 0.2) is 24.3 Å². The molecule has 21 heavy (non-hydrogen) atoms. The van der Waals surface area contributed by atoms with Crippen molar-refractivity contribution >= 4 is 11.7 Å². The molecule has 0 aliphatic carbocycles. The standard InChI is InChI=1S/C15H20N2O4/c1-9-15(2,13(19)8-21-9)17-14(20)12(16)7-10-4-3-5-11(18)6-10/h3-6,9,12,18H,7-8,16H2,1-2H3,(H,17,20). The number of hydrogen-bond acceptors (Lipinski definition) is 5. The fourth-order valence-corrected chi connectivity index (χ4v) is 2.29. The molecule has 0 bridgehead atoms. The Labute approximate surface area is 123 Å². The highest BCUT2D eigenvalue weighted by molar-refractivity contribution is 5.96. The van der Waals surface area contributed by atoms with Gasteiger partial charge in [-0.3, -0.25) is 9.59 Å². The second-order valence-electron chi connectivity index (χ2n) is 5.55. The lowest BCUT2D eigenvalue weighted by molar-refractivity contribution is -0.130. The van der Waals surface area contributed by atoms with E-state index in [2.05, 4.69) is 5.32 Å². The van der Waals surface area contributed by atoms with Gasteiger partial charge in [-0.2, -0.15) is 0 Å². The van der Waals surface area contributed by atoms with Gasteiger partial charge in [0.25, 0.3) is 0 Å². The first-order valence-corrected chi connectivity index (χ1v) is 6.83. The number of amides is 1. The summed E-state index contributed by atoms with van der Waals surface area (Å²) < 4.78 is 5.26. The van der Waals surface area contributed by atoms with E-state index in [9.17, 15) is 14.7 Å². The molecule has 1 heterocycles. The number of benzene rings is 1. The van der Waals surface area contributed by atoms with Gasteiger partial charge in [-0.1, -0.05) is 12.1 Å². The minimum Gasteiger partial charge on any atom is -0.508 e. The molecule has 1 aliphatic rings. The molecule has 0 spiro atoms. The summed E-state index contributed by atoms with van der Waals surface area (Å²) >= 11 is 0. The third-order valence-corrected chi connectivity index (χ3v) is 3.94. The average molecular weight is 292 g/mol. The van der Waals surface area contributed by atoms with Crippen LogP contribution in [0.25, 0.3) is 0 Å². The SMILES string of the molecule is CC1OCC(=O)C1(C)NC(=O)C(N)Cc1cccc(O)c1. The molecule has 114 valence electrons. The number of phenolic OH excluding ortho intramolecular Hbond substituents is 1. The second kappa shape index (κ2) is 5.83. The molecule has 4 N–H and O–H groups in total. The molecular weight excluding hydrogens is 272 g/mol. The van der Waals surface area contributed by atoms with Crippen molar-refractivity contribution in [3.05, 3.63) is 29.8 Å². The molecule has 0 radical (unpaired) electrons. The minimum atomic E-state index is -1.03. The quantitative estimate of drug-likeness (QED) is 0.732. The van der Waals surface area contributed by atoms with Gasteiger partial charge in [-0.05, 0) is 38.0 Å². The Bertz CT molecular complexity index is 560. The van der Waals surface area contributed by atoms with Gasteiger partial charge in [0.15, 0.2) is 5.78 Å². The number of hydrogen-bond donors (Lipinski definition) is 3. The number of Topliss-reactive ketones (excluding diaryl/α,β-unsaturated/α-hetero) is 1. The molecule has 1 saturated heterocycles. The van der Waals surface area contributed by atoms with Gasteiger partial charge in [-0.25, -0.2) is 0 Å². The van der Waals surface area contributed by atoms with Crippen LogP contribution in [0.5, 0.6) is 5.75 Å². The minimum absolute atomic E-state index is 0.000256. The number of carbonyl (C=O) groups is 2. The Kier molecular flexibility index (Phi) is 4.29. The highest BCUT2D eigenvalue weighted by atomic mass is 16.5. The largest absolute Gasteiger partial charge is 0.508 e. The van der Waals surface area contributed by atoms with Gasteiger partial charge in [0.2, 0.25) is 5.91 Å². The number of ketones is 1. The summed E-state index contributed by atoms with van der Waals surface area (Å²) in [6.07, 6.45) is -0.110. The summed E-state index contributed by atoms with van der Waals surface area (Å²) in [7, 11) is 0. The van der Waals surface area contributed by atoms with E-state index in [-0.39, 0.29) is 30.7 Å². The molecule has 0 saturated carbocycles. The van der Waals surface area contributed by atoms with Crippen LogP contribution in [-0.4, -0.2) is 41.1 Å². The van der Waals surface area contributed by atoms with E-state index in [1.54, 1.807) is 38.1 Å². The summed E-state index contributed by atoms with van der Waals surface area (Å²) in [6.45, 7) is 3.39. The molecule has 1 aromatic rings. The lowest BCUT2D eigenvalue weighted by Gasteiger charge is -2.28. The lowest BCUT2D eigenvalue weighted by Crippen LogP contribution is -2.59. The molecule has 6 nitrogen and oxygen atoms in total. The molecule has 1 aromatic carbocycles. The van der Waals surface area contributed by atoms with Crippen molar-refractivity contribution in [2.24, 2.45) is 5.73 Å². The molecule has 2 rings (SSSR count). The Morgan fingerprint density at radius 1 is 1.62 bits per heavy atom. The van der Waals surface area contributed by atoms with Crippen LogP contribution < -0.4 is 11.1 Å². The van der Waals surface area contributed by atoms with E-state index in [1.807, 2.05) is 0 Å². The van der Waals surface area contributed by atoms with Crippen LogP contribution in [0.3, 0.4) is 0 Å². The first-order chi connectivity index (χ1) is 9.83. The van der Waals surface area contributed by atoms with Crippen molar-refractivity contribution in [2.75, 3.05) is 6.61 Å². The number of nitrogens with one attached hydrogen (secondary N) is 1. The molecule has 1 amide bonds. The Morgan fingerprint density at radius 3 is 2.90 bits per heavy atom. The third-order valence-electron chi connectivity index (χ3n) is 3.94. The van der Waals surface area contributed by atoms with Crippen molar-refractivity contribution in [2.45, 2.75) is 38.0 Å². The number of phenols is 1. The van der Waals surface area contributed by atoms with E-state index in [0.717, 1.165) is 5.56 Å². The zero-order valence-electron chi connectivity index (χ0n) is 12.1. The zero-order valence-corrected chi connectivity index (χ0v) is 12.1. The molecule has 1 aliphatic heterocycles. The number of ether oxygens (including phenoxy) is 1. The van der Waals surface area contributed by atoms with Crippen molar-refractivity contribution in [1.82, 2.24) is 5.32 Å². The summed E-state index contributed by atoms with van der Waals surface area (Å²) in [5.41, 5.74) is 5.60. The smallest absolute Gasteiger partial charge is 0.238 e. The highest BCUT2D eigenvalue weighted by Crippen LogP contribution is 2.22. The van der Waals surface area contributed by atoms with Crippen molar-refractivity contribution in [3.63, 3.8) is 0 Å². The fraction of sp³-hybridized carbons (Fsp3) is 0.467. The van der Waals surface area contributed by atoms with Crippen LogP contribution in [-0.2, 0) is 20.7 Å². The van der Waals surface area contributed by atoms with E-state index in [0.29, 0.717) is 0 Å². The fourth-order valence-electron chi connectivity index (χ4n) is 2.29. The predicted molar refractivity (Wildman–Crippen MR) is 76.8 cm³/mol. The van der Waals surface area contributed by atoms with Gasteiger partial charge >= 0.3 is 0 Å². The van der Waals surface area contributed by atoms with Crippen LogP contribution in [0.4, 0.5) is 0 Å². The third kappa shape index (κ3) is 3.22. The van der Waals surface area contributed by atoms with Gasteiger partial charge < -0.3 is 20.9 Å². The lowest BCUT2D eigenvalue weighted by atomic mass is 9.92. The van der Waals surface area contributed by atoms with Crippen LogP contribution in [0.1, 0.15) is 19.4 Å². The van der Waals surface area contributed by atoms with Crippen LogP contribution in [0.2, 0.25) is 0 Å². The predicted octanol–water partition coefficient (Wildman–Crippen LogP) is 0.125. The summed E-state index contributed by atoms with van der Waals surface area (Å²) in [4.78, 5) is 24.0. The summed E-state index contributed by atoms with van der Waals surface area (Å²) in [5, 5.41) is 12.1.